The van der Waals surface area contributed by atoms with Gasteiger partial charge in [0, 0.05) is 36.9 Å². The lowest BCUT2D eigenvalue weighted by Crippen LogP contribution is -2.34. The summed E-state index contributed by atoms with van der Waals surface area (Å²) in [4.78, 5) is 6.50. The zero-order chi connectivity index (χ0) is 17.6. The molecule has 2 unspecified atom stereocenters. The van der Waals surface area contributed by atoms with Gasteiger partial charge in [0.1, 0.15) is 0 Å². The molecule has 2 atom stereocenters. The van der Waals surface area contributed by atoms with Gasteiger partial charge in [-0.2, -0.15) is 0 Å². The number of aromatic nitrogens is 1. The quantitative estimate of drug-likeness (QED) is 0.798. The first-order valence-electron chi connectivity index (χ1n) is 8.94. The molecule has 1 aromatic carbocycles. The molecule has 132 valence electrons. The molecule has 0 spiro atoms. The van der Waals surface area contributed by atoms with E-state index in [2.05, 4.69) is 58.6 Å². The summed E-state index contributed by atoms with van der Waals surface area (Å²) in [5.74, 6) is 0.783. The summed E-state index contributed by atoms with van der Waals surface area (Å²) < 4.78 is 0. The highest BCUT2D eigenvalue weighted by atomic mass is 32.1. The summed E-state index contributed by atoms with van der Waals surface area (Å²) in [7, 11) is 0. The molecule has 2 N–H and O–H groups in total. The predicted octanol–water partition coefficient (Wildman–Crippen LogP) is 4.37. The lowest BCUT2D eigenvalue weighted by molar-refractivity contribution is 0.447. The number of anilines is 2. The van der Waals surface area contributed by atoms with Gasteiger partial charge in [-0.3, -0.25) is 4.98 Å². The third kappa shape index (κ3) is 4.92. The van der Waals surface area contributed by atoms with Crippen molar-refractivity contribution in [3.8, 4) is 0 Å². The van der Waals surface area contributed by atoms with Gasteiger partial charge in [0.15, 0.2) is 5.11 Å². The molecule has 1 aliphatic heterocycles. The molecule has 3 rings (SSSR count). The minimum Gasteiger partial charge on any atom is -0.371 e. The number of hydrogen-bond donors (Lipinski definition) is 2. The van der Waals surface area contributed by atoms with Crippen molar-refractivity contribution in [2.24, 2.45) is 5.92 Å². The standard InChI is InChI=1S/C20H26N4S/c1-15-4-3-13-24(14-15)19-7-5-17(6-8-19)16(2)22-20(25)23-18-9-11-21-12-10-18/h5-12,15-16H,3-4,13-14H2,1-2H3,(H2,21,22,23,25). The molecule has 0 saturated carbocycles. The van der Waals surface area contributed by atoms with E-state index in [1.54, 1.807) is 12.4 Å². The van der Waals surface area contributed by atoms with Crippen LogP contribution < -0.4 is 15.5 Å². The third-order valence-electron chi connectivity index (χ3n) is 4.70. The molecule has 0 bridgehead atoms. The minimum absolute atomic E-state index is 0.149. The summed E-state index contributed by atoms with van der Waals surface area (Å²) in [5.41, 5.74) is 3.49. The Hall–Kier alpha value is -2.14. The molecule has 2 heterocycles. The van der Waals surface area contributed by atoms with Gasteiger partial charge in [0.2, 0.25) is 0 Å². The zero-order valence-electron chi connectivity index (χ0n) is 14.9. The maximum absolute atomic E-state index is 5.40. The smallest absolute Gasteiger partial charge is 0.171 e. The van der Waals surface area contributed by atoms with Crippen molar-refractivity contribution in [2.45, 2.75) is 32.7 Å². The largest absolute Gasteiger partial charge is 0.371 e. The monoisotopic (exact) mass is 354 g/mol. The lowest BCUT2D eigenvalue weighted by Gasteiger charge is -2.33. The van der Waals surface area contributed by atoms with Gasteiger partial charge in [-0.05, 0) is 67.7 Å². The fourth-order valence-electron chi connectivity index (χ4n) is 3.28. The van der Waals surface area contributed by atoms with E-state index in [1.807, 2.05) is 12.1 Å². The van der Waals surface area contributed by atoms with Gasteiger partial charge in [0.05, 0.1) is 6.04 Å². The number of pyridine rings is 1. The van der Waals surface area contributed by atoms with Crippen LogP contribution in [-0.4, -0.2) is 23.2 Å². The van der Waals surface area contributed by atoms with Crippen LogP contribution in [0.15, 0.2) is 48.8 Å². The average molecular weight is 355 g/mol. The molecule has 5 heteroatoms. The highest BCUT2D eigenvalue weighted by molar-refractivity contribution is 7.80. The van der Waals surface area contributed by atoms with Gasteiger partial charge in [-0.15, -0.1) is 0 Å². The second-order valence-corrected chi connectivity index (χ2v) is 7.25. The maximum Gasteiger partial charge on any atom is 0.171 e. The number of hydrogen-bond acceptors (Lipinski definition) is 3. The second-order valence-electron chi connectivity index (χ2n) is 6.84. The Morgan fingerprint density at radius 2 is 1.92 bits per heavy atom. The van der Waals surface area contributed by atoms with E-state index in [0.29, 0.717) is 5.11 Å². The average Bonchev–Trinajstić information content (AvgIpc) is 2.62. The molecule has 0 radical (unpaired) electrons. The predicted molar refractivity (Wildman–Crippen MR) is 109 cm³/mol. The van der Waals surface area contributed by atoms with Crippen LogP contribution >= 0.6 is 12.2 Å². The van der Waals surface area contributed by atoms with Crippen molar-refractivity contribution in [1.29, 1.82) is 0 Å². The summed E-state index contributed by atoms with van der Waals surface area (Å²) in [6.07, 6.45) is 6.12. The van der Waals surface area contributed by atoms with E-state index in [4.69, 9.17) is 12.2 Å². The Balaban J connectivity index is 1.57. The van der Waals surface area contributed by atoms with Crippen molar-refractivity contribution in [3.05, 3.63) is 54.4 Å². The summed E-state index contributed by atoms with van der Waals surface area (Å²) >= 11 is 5.40. The summed E-state index contributed by atoms with van der Waals surface area (Å²) in [5, 5.41) is 7.14. The SMILES string of the molecule is CC1CCCN(c2ccc(C(C)NC(=S)Nc3ccncc3)cc2)C1. The molecule has 1 saturated heterocycles. The maximum atomic E-state index is 5.40. The highest BCUT2D eigenvalue weighted by Crippen LogP contribution is 2.24. The van der Waals surface area contributed by atoms with Gasteiger partial charge in [-0.25, -0.2) is 0 Å². The van der Waals surface area contributed by atoms with Crippen molar-refractivity contribution >= 4 is 28.7 Å². The summed E-state index contributed by atoms with van der Waals surface area (Å²) in [6, 6.07) is 12.8. The van der Waals surface area contributed by atoms with Crippen LogP contribution in [0.4, 0.5) is 11.4 Å². The Morgan fingerprint density at radius 3 is 2.60 bits per heavy atom. The number of nitrogens with zero attached hydrogens (tertiary/aromatic N) is 2. The van der Waals surface area contributed by atoms with Gasteiger partial charge in [-0.1, -0.05) is 19.1 Å². The first kappa shape index (κ1) is 17.7. The van der Waals surface area contributed by atoms with E-state index in [9.17, 15) is 0 Å². The molecule has 0 amide bonds. The first-order valence-corrected chi connectivity index (χ1v) is 9.35. The van der Waals surface area contributed by atoms with E-state index in [-0.39, 0.29) is 6.04 Å². The van der Waals surface area contributed by atoms with Crippen molar-refractivity contribution in [2.75, 3.05) is 23.3 Å². The van der Waals surface area contributed by atoms with Crippen LogP contribution in [0.25, 0.3) is 0 Å². The number of benzene rings is 1. The van der Waals surface area contributed by atoms with Crippen molar-refractivity contribution in [3.63, 3.8) is 0 Å². The fourth-order valence-corrected chi connectivity index (χ4v) is 3.57. The molecule has 4 nitrogen and oxygen atoms in total. The number of thiocarbonyl (C=S) groups is 1. The molecule has 25 heavy (non-hydrogen) atoms. The van der Waals surface area contributed by atoms with Gasteiger partial charge >= 0.3 is 0 Å². The molecule has 1 aromatic heterocycles. The fraction of sp³-hybridized carbons (Fsp3) is 0.400. The second kappa shape index (κ2) is 8.30. The highest BCUT2D eigenvalue weighted by Gasteiger charge is 2.16. The van der Waals surface area contributed by atoms with Crippen LogP contribution in [0.5, 0.6) is 0 Å². The number of piperidine rings is 1. The Morgan fingerprint density at radius 1 is 1.20 bits per heavy atom. The minimum atomic E-state index is 0.149. The van der Waals surface area contributed by atoms with Crippen molar-refractivity contribution < 1.29 is 0 Å². The van der Waals surface area contributed by atoms with Crippen LogP contribution in [0, 0.1) is 5.92 Å². The number of rotatable bonds is 4. The zero-order valence-corrected chi connectivity index (χ0v) is 15.7. The molecule has 0 aliphatic carbocycles. The molecule has 2 aromatic rings. The van der Waals surface area contributed by atoms with Gasteiger partial charge in [0.25, 0.3) is 0 Å². The van der Waals surface area contributed by atoms with Crippen molar-refractivity contribution in [1.82, 2.24) is 10.3 Å². The molecular weight excluding hydrogens is 328 g/mol. The van der Waals surface area contributed by atoms with E-state index in [1.165, 1.54) is 24.1 Å². The third-order valence-corrected chi connectivity index (χ3v) is 4.92. The van der Waals surface area contributed by atoms with Crippen LogP contribution in [-0.2, 0) is 0 Å². The Bertz CT molecular complexity index is 687. The van der Waals surface area contributed by atoms with E-state index in [0.717, 1.165) is 24.7 Å². The lowest BCUT2D eigenvalue weighted by atomic mass is 9.99. The number of nitrogens with one attached hydrogen (secondary N) is 2. The van der Waals surface area contributed by atoms with Crippen LogP contribution in [0.1, 0.15) is 38.3 Å². The Kier molecular flexibility index (Phi) is 5.87. The first-order chi connectivity index (χ1) is 12.1. The molecular formula is C20H26N4S. The van der Waals surface area contributed by atoms with Crippen LogP contribution in [0.3, 0.4) is 0 Å². The molecule has 1 fully saturated rings. The Labute approximate surface area is 155 Å². The van der Waals surface area contributed by atoms with E-state index < -0.39 is 0 Å². The van der Waals surface area contributed by atoms with Crippen LogP contribution in [0.2, 0.25) is 0 Å². The normalized spacial score (nSPS) is 18.5. The summed E-state index contributed by atoms with van der Waals surface area (Å²) in [6.45, 7) is 6.78. The van der Waals surface area contributed by atoms with E-state index >= 15 is 0 Å². The van der Waals surface area contributed by atoms with Gasteiger partial charge < -0.3 is 15.5 Å². The molecule has 1 aliphatic rings. The topological polar surface area (TPSA) is 40.2 Å².